The largest absolute Gasteiger partial charge is 0.381 e. The predicted molar refractivity (Wildman–Crippen MR) is 71.8 cm³/mol. The van der Waals surface area contributed by atoms with Gasteiger partial charge in [0, 0.05) is 25.8 Å². The predicted octanol–water partition coefficient (Wildman–Crippen LogP) is 2.31. The molecule has 0 atom stereocenters. The Kier molecular flexibility index (Phi) is 6.51. The topological polar surface area (TPSA) is 55.4 Å². The number of sulfonamides is 1. The second-order valence-electron chi connectivity index (χ2n) is 4.83. The van der Waals surface area contributed by atoms with Gasteiger partial charge >= 0.3 is 0 Å². The van der Waals surface area contributed by atoms with E-state index in [2.05, 4.69) is 4.72 Å². The minimum Gasteiger partial charge on any atom is -0.381 e. The maximum atomic E-state index is 13.0. The molecule has 1 rings (SSSR count). The van der Waals surface area contributed by atoms with Crippen LogP contribution in [0, 0.1) is 17.6 Å². The summed E-state index contributed by atoms with van der Waals surface area (Å²) < 4.78 is 57.1. The van der Waals surface area contributed by atoms with Crippen molar-refractivity contribution in [3.8, 4) is 0 Å². The van der Waals surface area contributed by atoms with E-state index in [0.717, 1.165) is 12.1 Å². The summed E-state index contributed by atoms with van der Waals surface area (Å²) in [6, 6.07) is 2.18. The van der Waals surface area contributed by atoms with Crippen molar-refractivity contribution in [1.29, 1.82) is 0 Å². The van der Waals surface area contributed by atoms with E-state index in [-0.39, 0.29) is 6.54 Å². The van der Waals surface area contributed by atoms with Crippen LogP contribution in [0.1, 0.15) is 20.3 Å². The zero-order valence-corrected chi connectivity index (χ0v) is 12.3. The van der Waals surface area contributed by atoms with Crippen molar-refractivity contribution in [2.45, 2.75) is 25.2 Å². The second kappa shape index (κ2) is 7.66. The van der Waals surface area contributed by atoms with Crippen LogP contribution in [-0.4, -0.2) is 28.2 Å². The van der Waals surface area contributed by atoms with Gasteiger partial charge in [0.15, 0.2) is 0 Å². The molecule has 0 fully saturated rings. The van der Waals surface area contributed by atoms with E-state index in [0.29, 0.717) is 31.6 Å². The fourth-order valence-electron chi connectivity index (χ4n) is 1.47. The van der Waals surface area contributed by atoms with Gasteiger partial charge in [0.05, 0.1) is 4.90 Å². The van der Waals surface area contributed by atoms with Gasteiger partial charge in [-0.05, 0) is 24.5 Å². The van der Waals surface area contributed by atoms with E-state index < -0.39 is 26.6 Å². The Bertz CT molecular complexity index is 512. The third-order valence-corrected chi connectivity index (χ3v) is 3.80. The van der Waals surface area contributed by atoms with Gasteiger partial charge in [-0.3, -0.25) is 0 Å². The van der Waals surface area contributed by atoms with Crippen molar-refractivity contribution in [3.63, 3.8) is 0 Å². The maximum absolute atomic E-state index is 13.0. The average molecular weight is 307 g/mol. The summed E-state index contributed by atoms with van der Waals surface area (Å²) in [4.78, 5) is -0.418. The molecule has 0 spiro atoms. The fraction of sp³-hybridized carbons (Fsp3) is 0.538. The molecule has 0 amide bonds. The Morgan fingerprint density at radius 2 is 1.80 bits per heavy atom. The Hall–Kier alpha value is -1.05. The minimum absolute atomic E-state index is 0.151. The van der Waals surface area contributed by atoms with Crippen LogP contribution in [0.3, 0.4) is 0 Å². The lowest BCUT2D eigenvalue weighted by atomic mass is 10.2. The first-order chi connectivity index (χ1) is 9.31. The molecule has 0 unspecified atom stereocenters. The Balaban J connectivity index is 2.46. The molecule has 20 heavy (non-hydrogen) atoms. The molecule has 0 aliphatic heterocycles. The molecule has 1 aromatic rings. The lowest BCUT2D eigenvalue weighted by molar-refractivity contribution is 0.108. The van der Waals surface area contributed by atoms with E-state index >= 15 is 0 Å². The van der Waals surface area contributed by atoms with Crippen molar-refractivity contribution in [2.75, 3.05) is 19.8 Å². The van der Waals surface area contributed by atoms with Gasteiger partial charge in [-0.1, -0.05) is 13.8 Å². The first-order valence-electron chi connectivity index (χ1n) is 6.35. The third kappa shape index (κ3) is 5.94. The van der Waals surface area contributed by atoms with Crippen molar-refractivity contribution in [3.05, 3.63) is 29.8 Å². The van der Waals surface area contributed by atoms with Gasteiger partial charge in [-0.25, -0.2) is 21.9 Å². The third-order valence-electron chi connectivity index (χ3n) is 2.36. The monoisotopic (exact) mass is 307 g/mol. The number of rotatable bonds is 8. The highest BCUT2D eigenvalue weighted by Gasteiger charge is 2.15. The van der Waals surface area contributed by atoms with E-state index in [4.69, 9.17) is 4.74 Å². The highest BCUT2D eigenvalue weighted by molar-refractivity contribution is 7.89. The summed E-state index contributed by atoms with van der Waals surface area (Å²) in [6.07, 6.45) is 0.490. The van der Waals surface area contributed by atoms with Crippen LogP contribution in [0.5, 0.6) is 0 Å². The fourth-order valence-corrected chi connectivity index (χ4v) is 2.58. The van der Waals surface area contributed by atoms with Gasteiger partial charge in [-0.15, -0.1) is 0 Å². The molecular weight excluding hydrogens is 288 g/mol. The summed E-state index contributed by atoms with van der Waals surface area (Å²) in [6.45, 7) is 5.22. The summed E-state index contributed by atoms with van der Waals surface area (Å²) in [5, 5.41) is 0. The Morgan fingerprint density at radius 1 is 1.20 bits per heavy atom. The van der Waals surface area contributed by atoms with Crippen molar-refractivity contribution in [2.24, 2.45) is 5.92 Å². The van der Waals surface area contributed by atoms with Gasteiger partial charge in [0.25, 0.3) is 0 Å². The molecule has 1 aromatic carbocycles. The van der Waals surface area contributed by atoms with Crippen LogP contribution < -0.4 is 4.72 Å². The molecule has 0 heterocycles. The van der Waals surface area contributed by atoms with Crippen LogP contribution in [-0.2, 0) is 14.8 Å². The minimum atomic E-state index is -3.89. The number of hydrogen-bond donors (Lipinski definition) is 1. The van der Waals surface area contributed by atoms with Crippen LogP contribution in [0.15, 0.2) is 23.1 Å². The molecule has 0 bridgehead atoms. The van der Waals surface area contributed by atoms with Crippen LogP contribution >= 0.6 is 0 Å². The van der Waals surface area contributed by atoms with Gasteiger partial charge in [0.2, 0.25) is 10.0 Å². The quantitative estimate of drug-likeness (QED) is 0.750. The molecule has 1 N–H and O–H groups in total. The molecule has 7 heteroatoms. The number of nitrogens with one attached hydrogen (secondary N) is 1. The van der Waals surface area contributed by atoms with Gasteiger partial charge in [0.1, 0.15) is 11.6 Å². The molecular formula is C13H19F2NO3S. The molecule has 0 radical (unpaired) electrons. The van der Waals surface area contributed by atoms with Crippen molar-refractivity contribution >= 4 is 10.0 Å². The Labute approximate surface area is 118 Å². The van der Waals surface area contributed by atoms with Crippen LogP contribution in [0.2, 0.25) is 0 Å². The smallest absolute Gasteiger partial charge is 0.240 e. The van der Waals surface area contributed by atoms with E-state index in [1.807, 2.05) is 13.8 Å². The summed E-state index contributed by atoms with van der Waals surface area (Å²) >= 11 is 0. The van der Waals surface area contributed by atoms with Crippen LogP contribution in [0.4, 0.5) is 8.78 Å². The van der Waals surface area contributed by atoms with Crippen molar-refractivity contribution < 1.29 is 21.9 Å². The molecule has 0 aliphatic rings. The highest BCUT2D eigenvalue weighted by Crippen LogP contribution is 2.13. The van der Waals surface area contributed by atoms with Crippen molar-refractivity contribution in [1.82, 2.24) is 4.72 Å². The first-order valence-corrected chi connectivity index (χ1v) is 7.83. The normalized spacial score (nSPS) is 12.1. The molecule has 0 saturated carbocycles. The van der Waals surface area contributed by atoms with E-state index in [1.165, 1.54) is 0 Å². The molecule has 4 nitrogen and oxygen atoms in total. The van der Waals surface area contributed by atoms with E-state index in [9.17, 15) is 17.2 Å². The molecule has 0 saturated heterocycles. The van der Waals surface area contributed by atoms with Gasteiger partial charge < -0.3 is 4.74 Å². The lowest BCUT2D eigenvalue weighted by Gasteiger charge is -2.08. The number of ether oxygens (including phenoxy) is 1. The summed E-state index contributed by atoms with van der Waals surface area (Å²) in [5.74, 6) is -1.43. The number of hydrogen-bond acceptors (Lipinski definition) is 3. The van der Waals surface area contributed by atoms with Gasteiger partial charge in [-0.2, -0.15) is 0 Å². The first kappa shape index (κ1) is 17.0. The van der Waals surface area contributed by atoms with E-state index in [1.54, 1.807) is 0 Å². The number of halogens is 2. The molecule has 0 aliphatic carbocycles. The number of benzene rings is 1. The zero-order chi connectivity index (χ0) is 15.2. The summed E-state index contributed by atoms with van der Waals surface area (Å²) in [5.41, 5.74) is 0. The average Bonchev–Trinajstić information content (AvgIpc) is 2.32. The zero-order valence-electron chi connectivity index (χ0n) is 11.5. The molecule has 0 aromatic heterocycles. The summed E-state index contributed by atoms with van der Waals surface area (Å²) in [7, 11) is -3.89. The maximum Gasteiger partial charge on any atom is 0.240 e. The lowest BCUT2D eigenvalue weighted by Crippen LogP contribution is -2.26. The second-order valence-corrected chi connectivity index (χ2v) is 6.59. The standard InChI is InChI=1S/C13H19F2NO3S/c1-10(2)9-19-5-3-4-16-20(17,18)13-7-11(14)6-12(15)8-13/h6-8,10,16H,3-5,9H2,1-2H3. The van der Waals surface area contributed by atoms with Crippen LogP contribution in [0.25, 0.3) is 0 Å². The highest BCUT2D eigenvalue weighted by atomic mass is 32.2. The molecule has 114 valence electrons. The Morgan fingerprint density at radius 3 is 2.35 bits per heavy atom. The SMILES string of the molecule is CC(C)COCCCNS(=O)(=O)c1cc(F)cc(F)c1.